The van der Waals surface area contributed by atoms with Gasteiger partial charge in [-0.1, -0.05) is 17.7 Å². The first-order valence-electron chi connectivity index (χ1n) is 6.78. The summed E-state index contributed by atoms with van der Waals surface area (Å²) in [6.45, 7) is 6.53. The number of halogens is 1. The predicted molar refractivity (Wildman–Crippen MR) is 74.2 cm³/mol. The first kappa shape index (κ1) is 14.0. The molecule has 3 nitrogen and oxygen atoms in total. The third kappa shape index (κ3) is 3.77. The van der Waals surface area contributed by atoms with Crippen LogP contribution in [0.4, 0.5) is 4.39 Å². The summed E-state index contributed by atoms with van der Waals surface area (Å²) in [4.78, 5) is 14.1. The number of alkyl halides is 1. The van der Waals surface area contributed by atoms with Gasteiger partial charge >= 0.3 is 0 Å². The third-order valence-corrected chi connectivity index (χ3v) is 3.55. The molecule has 1 heterocycles. The second kappa shape index (κ2) is 6.15. The highest BCUT2D eigenvalue weighted by atomic mass is 19.1. The van der Waals surface area contributed by atoms with Crippen molar-refractivity contribution in [3.63, 3.8) is 0 Å². The highest BCUT2D eigenvalue weighted by molar-refractivity contribution is 5.95. The smallest absolute Gasteiger partial charge is 0.251 e. The van der Waals surface area contributed by atoms with Crippen LogP contribution in [0.1, 0.15) is 27.9 Å². The molecule has 1 saturated heterocycles. The van der Waals surface area contributed by atoms with Gasteiger partial charge in [-0.3, -0.25) is 9.69 Å². The Balaban J connectivity index is 1.81. The number of likely N-dealkylation sites (tertiary alicyclic amines) is 1. The molecule has 4 heteroatoms. The molecule has 2 rings (SSSR count). The fourth-order valence-electron chi connectivity index (χ4n) is 2.48. The first-order valence-corrected chi connectivity index (χ1v) is 6.78. The first-order chi connectivity index (χ1) is 9.06. The van der Waals surface area contributed by atoms with Gasteiger partial charge in [-0.25, -0.2) is 4.39 Å². The zero-order valence-corrected chi connectivity index (χ0v) is 11.6. The Morgan fingerprint density at radius 2 is 2.26 bits per heavy atom. The van der Waals surface area contributed by atoms with E-state index in [1.165, 1.54) is 0 Å². The summed E-state index contributed by atoms with van der Waals surface area (Å²) in [5, 5.41) is 2.90. The Labute approximate surface area is 113 Å². The van der Waals surface area contributed by atoms with Crippen LogP contribution < -0.4 is 5.32 Å². The van der Waals surface area contributed by atoms with E-state index in [1.54, 1.807) is 0 Å². The van der Waals surface area contributed by atoms with E-state index in [-0.39, 0.29) is 5.91 Å². The van der Waals surface area contributed by atoms with Crippen LogP contribution in [0.25, 0.3) is 0 Å². The Kier molecular flexibility index (Phi) is 4.53. The molecule has 0 radical (unpaired) electrons. The van der Waals surface area contributed by atoms with Crippen molar-refractivity contribution in [1.82, 2.24) is 10.2 Å². The zero-order valence-electron chi connectivity index (χ0n) is 11.6. The van der Waals surface area contributed by atoms with Crippen LogP contribution in [-0.4, -0.2) is 43.2 Å². The van der Waals surface area contributed by atoms with E-state index in [9.17, 15) is 9.18 Å². The molecule has 1 aliphatic heterocycles. The summed E-state index contributed by atoms with van der Waals surface area (Å²) in [6, 6.07) is 5.80. The van der Waals surface area contributed by atoms with Gasteiger partial charge < -0.3 is 5.32 Å². The van der Waals surface area contributed by atoms with E-state index in [0.29, 0.717) is 19.5 Å². The fraction of sp³-hybridized carbons (Fsp3) is 0.533. The lowest BCUT2D eigenvalue weighted by Gasteiger charge is -2.15. The van der Waals surface area contributed by atoms with Crippen molar-refractivity contribution in [2.45, 2.75) is 26.4 Å². The maximum absolute atomic E-state index is 13.0. The van der Waals surface area contributed by atoms with Gasteiger partial charge in [0.1, 0.15) is 6.17 Å². The van der Waals surface area contributed by atoms with Crippen molar-refractivity contribution in [2.24, 2.45) is 0 Å². The molecule has 1 amide bonds. The van der Waals surface area contributed by atoms with Gasteiger partial charge in [-0.15, -0.1) is 0 Å². The number of rotatable bonds is 4. The number of aryl methyl sites for hydroxylation is 2. The highest BCUT2D eigenvalue weighted by Gasteiger charge is 2.21. The molecule has 1 aromatic carbocycles. The lowest BCUT2D eigenvalue weighted by Crippen LogP contribution is -2.34. The predicted octanol–water partition coefficient (Wildman–Crippen LogP) is 2.08. The van der Waals surface area contributed by atoms with Gasteiger partial charge in [0.15, 0.2) is 0 Å². The molecule has 1 atom stereocenters. The van der Waals surface area contributed by atoms with Gasteiger partial charge in [-0.2, -0.15) is 0 Å². The molecule has 0 saturated carbocycles. The molecular weight excluding hydrogens is 243 g/mol. The van der Waals surface area contributed by atoms with Crippen molar-refractivity contribution in [1.29, 1.82) is 0 Å². The second-order valence-corrected chi connectivity index (χ2v) is 5.26. The Hall–Kier alpha value is -1.42. The minimum atomic E-state index is -0.699. The standard InChI is InChI=1S/C15H21FN2O/c1-11-3-4-14(12(2)9-11)15(19)17-6-8-18-7-5-13(16)10-18/h3-4,9,13H,5-8,10H2,1-2H3,(H,17,19). The topological polar surface area (TPSA) is 32.3 Å². The van der Waals surface area contributed by atoms with Crippen molar-refractivity contribution in [2.75, 3.05) is 26.2 Å². The van der Waals surface area contributed by atoms with Crippen LogP contribution in [0, 0.1) is 13.8 Å². The molecule has 1 unspecified atom stereocenters. The summed E-state index contributed by atoms with van der Waals surface area (Å²) < 4.78 is 13.0. The van der Waals surface area contributed by atoms with Gasteiger partial charge in [0.2, 0.25) is 0 Å². The van der Waals surface area contributed by atoms with E-state index >= 15 is 0 Å². The van der Waals surface area contributed by atoms with Crippen LogP contribution in [0.5, 0.6) is 0 Å². The minimum absolute atomic E-state index is 0.0477. The monoisotopic (exact) mass is 264 g/mol. The molecule has 0 bridgehead atoms. The van der Waals surface area contributed by atoms with E-state index < -0.39 is 6.17 Å². The molecule has 104 valence electrons. The van der Waals surface area contributed by atoms with Gasteiger partial charge in [-0.05, 0) is 31.9 Å². The van der Waals surface area contributed by atoms with Crippen LogP contribution in [0.3, 0.4) is 0 Å². The summed E-state index contributed by atoms with van der Waals surface area (Å²) in [6.07, 6.45) is -0.0829. The zero-order chi connectivity index (χ0) is 13.8. The molecule has 19 heavy (non-hydrogen) atoms. The Morgan fingerprint density at radius 3 is 2.89 bits per heavy atom. The number of hydrogen-bond acceptors (Lipinski definition) is 2. The lowest BCUT2D eigenvalue weighted by molar-refractivity contribution is 0.0949. The van der Waals surface area contributed by atoms with Gasteiger partial charge in [0.25, 0.3) is 5.91 Å². The number of amides is 1. The summed E-state index contributed by atoms with van der Waals surface area (Å²) in [5.74, 6) is -0.0477. The second-order valence-electron chi connectivity index (χ2n) is 5.26. The maximum atomic E-state index is 13.0. The van der Waals surface area contributed by atoms with Crippen LogP contribution in [0.15, 0.2) is 18.2 Å². The molecule has 0 aliphatic carbocycles. The third-order valence-electron chi connectivity index (χ3n) is 3.55. The Bertz CT molecular complexity index is 461. The number of carbonyl (C=O) groups excluding carboxylic acids is 1. The van der Waals surface area contributed by atoms with Crippen LogP contribution in [-0.2, 0) is 0 Å². The molecule has 1 aliphatic rings. The average Bonchev–Trinajstić information content (AvgIpc) is 2.75. The van der Waals surface area contributed by atoms with Crippen molar-refractivity contribution < 1.29 is 9.18 Å². The molecular formula is C15H21FN2O. The van der Waals surface area contributed by atoms with Crippen molar-refractivity contribution in [3.05, 3.63) is 34.9 Å². The Morgan fingerprint density at radius 1 is 1.47 bits per heavy atom. The average molecular weight is 264 g/mol. The van der Waals surface area contributed by atoms with Crippen LogP contribution >= 0.6 is 0 Å². The van der Waals surface area contributed by atoms with E-state index in [1.807, 2.05) is 36.9 Å². The summed E-state index contributed by atoms with van der Waals surface area (Å²) in [7, 11) is 0. The number of nitrogens with one attached hydrogen (secondary N) is 1. The quantitative estimate of drug-likeness (QED) is 0.903. The lowest BCUT2D eigenvalue weighted by atomic mass is 10.1. The normalized spacial score (nSPS) is 19.6. The number of benzene rings is 1. The van der Waals surface area contributed by atoms with E-state index in [2.05, 4.69) is 5.32 Å². The maximum Gasteiger partial charge on any atom is 0.251 e. The SMILES string of the molecule is Cc1ccc(C(=O)NCCN2CCC(F)C2)c(C)c1. The highest BCUT2D eigenvalue weighted by Crippen LogP contribution is 2.12. The molecule has 1 aromatic rings. The minimum Gasteiger partial charge on any atom is -0.351 e. The molecule has 1 N–H and O–H groups in total. The fourth-order valence-corrected chi connectivity index (χ4v) is 2.48. The largest absolute Gasteiger partial charge is 0.351 e. The summed E-state index contributed by atoms with van der Waals surface area (Å²) >= 11 is 0. The number of carbonyl (C=O) groups is 1. The molecule has 0 aromatic heterocycles. The van der Waals surface area contributed by atoms with Crippen molar-refractivity contribution in [3.8, 4) is 0 Å². The molecule has 0 spiro atoms. The number of hydrogen-bond donors (Lipinski definition) is 1. The van der Waals surface area contributed by atoms with Gasteiger partial charge in [0.05, 0.1) is 0 Å². The molecule has 1 fully saturated rings. The van der Waals surface area contributed by atoms with Gasteiger partial charge in [0, 0.05) is 31.7 Å². The van der Waals surface area contributed by atoms with Crippen molar-refractivity contribution >= 4 is 5.91 Å². The van der Waals surface area contributed by atoms with Crippen LogP contribution in [0.2, 0.25) is 0 Å². The number of nitrogens with zero attached hydrogens (tertiary/aromatic N) is 1. The van der Waals surface area contributed by atoms with E-state index in [4.69, 9.17) is 0 Å². The summed E-state index contributed by atoms with van der Waals surface area (Å²) in [5.41, 5.74) is 2.86. The van der Waals surface area contributed by atoms with E-state index in [0.717, 1.165) is 29.8 Å².